The van der Waals surface area contributed by atoms with Crippen molar-refractivity contribution in [2.45, 2.75) is 18.2 Å². The number of carbonyl (C=O) groups is 1. The van der Waals surface area contributed by atoms with Crippen LogP contribution in [-0.2, 0) is 16.5 Å². The standard InChI is InChI=1S/C21H18O5S/c1-2-16-9-8-12-18(15-16)27(23,24)26-20-14-7-6-13-19(20)21(22)25-17-10-4-3-5-11-17/h3-15H,2H2,1H3. The molecule has 0 bridgehead atoms. The van der Waals surface area contributed by atoms with Gasteiger partial charge in [-0.1, -0.05) is 49.4 Å². The van der Waals surface area contributed by atoms with Crippen molar-refractivity contribution in [2.24, 2.45) is 0 Å². The Morgan fingerprint density at radius 1 is 0.889 bits per heavy atom. The Balaban J connectivity index is 1.88. The van der Waals surface area contributed by atoms with Crippen molar-refractivity contribution in [2.75, 3.05) is 0 Å². The van der Waals surface area contributed by atoms with Crippen LogP contribution in [0, 0.1) is 0 Å². The minimum Gasteiger partial charge on any atom is -0.423 e. The summed E-state index contributed by atoms with van der Waals surface area (Å²) in [5, 5.41) is 0. The van der Waals surface area contributed by atoms with Gasteiger partial charge in [0.15, 0.2) is 5.75 Å². The van der Waals surface area contributed by atoms with E-state index in [-0.39, 0.29) is 16.2 Å². The molecule has 0 radical (unpaired) electrons. The number of carbonyl (C=O) groups excluding carboxylic acids is 1. The highest BCUT2D eigenvalue weighted by atomic mass is 32.2. The van der Waals surface area contributed by atoms with Crippen LogP contribution in [0.25, 0.3) is 0 Å². The largest absolute Gasteiger partial charge is 0.423 e. The highest BCUT2D eigenvalue weighted by molar-refractivity contribution is 7.87. The summed E-state index contributed by atoms with van der Waals surface area (Å²) in [4.78, 5) is 12.5. The molecule has 0 saturated carbocycles. The summed E-state index contributed by atoms with van der Waals surface area (Å²) >= 11 is 0. The third kappa shape index (κ3) is 4.54. The summed E-state index contributed by atoms with van der Waals surface area (Å²) in [6.45, 7) is 1.93. The SMILES string of the molecule is CCc1cccc(S(=O)(=O)Oc2ccccc2C(=O)Oc2ccccc2)c1. The Bertz CT molecular complexity index is 1040. The van der Waals surface area contributed by atoms with Crippen LogP contribution in [0.3, 0.4) is 0 Å². The molecule has 3 aromatic carbocycles. The van der Waals surface area contributed by atoms with Gasteiger partial charge in [0.1, 0.15) is 16.2 Å². The Morgan fingerprint density at radius 3 is 2.33 bits per heavy atom. The summed E-state index contributed by atoms with van der Waals surface area (Å²) in [5.41, 5.74) is 0.896. The maximum absolute atomic E-state index is 12.6. The highest BCUT2D eigenvalue weighted by Gasteiger charge is 2.22. The molecule has 0 fully saturated rings. The molecule has 6 heteroatoms. The summed E-state index contributed by atoms with van der Waals surface area (Å²) in [6.07, 6.45) is 0.698. The molecule has 27 heavy (non-hydrogen) atoms. The van der Waals surface area contributed by atoms with Crippen LogP contribution in [0.2, 0.25) is 0 Å². The van der Waals surface area contributed by atoms with Crippen LogP contribution in [-0.4, -0.2) is 14.4 Å². The molecular weight excluding hydrogens is 364 g/mol. The number of rotatable bonds is 6. The first kappa shape index (κ1) is 18.7. The van der Waals surface area contributed by atoms with Crippen LogP contribution >= 0.6 is 0 Å². The molecule has 0 heterocycles. The van der Waals surface area contributed by atoms with Crippen LogP contribution in [0.4, 0.5) is 0 Å². The predicted molar refractivity (Wildman–Crippen MR) is 101 cm³/mol. The van der Waals surface area contributed by atoms with E-state index in [0.717, 1.165) is 5.56 Å². The van der Waals surface area contributed by atoms with Crippen molar-refractivity contribution < 1.29 is 22.1 Å². The van der Waals surface area contributed by atoms with Crippen LogP contribution in [0.1, 0.15) is 22.8 Å². The zero-order valence-corrected chi connectivity index (χ0v) is 15.5. The van der Waals surface area contributed by atoms with Gasteiger partial charge >= 0.3 is 16.1 Å². The van der Waals surface area contributed by atoms with E-state index in [1.165, 1.54) is 18.2 Å². The molecule has 3 aromatic rings. The predicted octanol–water partition coefficient (Wildman–Crippen LogP) is 4.24. The van der Waals surface area contributed by atoms with E-state index in [9.17, 15) is 13.2 Å². The Labute approximate surface area is 158 Å². The van der Waals surface area contributed by atoms with E-state index in [1.54, 1.807) is 54.6 Å². The first-order valence-electron chi connectivity index (χ1n) is 8.39. The fourth-order valence-electron chi connectivity index (χ4n) is 2.45. The monoisotopic (exact) mass is 382 g/mol. The number of ether oxygens (including phenoxy) is 1. The molecule has 3 rings (SSSR count). The first-order valence-corrected chi connectivity index (χ1v) is 9.80. The minimum absolute atomic E-state index is 0.0246. The second-order valence-electron chi connectivity index (χ2n) is 5.74. The third-order valence-electron chi connectivity index (χ3n) is 3.86. The lowest BCUT2D eigenvalue weighted by molar-refractivity contribution is 0.0733. The summed E-state index contributed by atoms with van der Waals surface area (Å²) in [5.74, 6) is -0.426. The molecule has 0 aliphatic rings. The molecule has 138 valence electrons. The van der Waals surface area contributed by atoms with Crippen molar-refractivity contribution in [1.29, 1.82) is 0 Å². The Morgan fingerprint density at radius 2 is 1.59 bits per heavy atom. The second kappa shape index (κ2) is 8.05. The van der Waals surface area contributed by atoms with Crippen molar-refractivity contribution in [3.8, 4) is 11.5 Å². The molecule has 0 atom stereocenters. The molecule has 0 saturated heterocycles. The normalized spacial score (nSPS) is 11.0. The minimum atomic E-state index is -4.08. The van der Waals surface area contributed by atoms with Gasteiger partial charge in [0, 0.05) is 0 Å². The van der Waals surface area contributed by atoms with Crippen LogP contribution in [0.5, 0.6) is 11.5 Å². The number of para-hydroxylation sites is 2. The molecule has 0 unspecified atom stereocenters. The smallest absolute Gasteiger partial charge is 0.347 e. The zero-order valence-electron chi connectivity index (χ0n) is 14.7. The fourth-order valence-corrected chi connectivity index (χ4v) is 3.46. The molecule has 0 amide bonds. The van der Waals surface area contributed by atoms with E-state index < -0.39 is 16.1 Å². The van der Waals surface area contributed by atoms with Gasteiger partial charge in [-0.25, -0.2) is 4.79 Å². The Hall–Kier alpha value is -3.12. The molecule has 0 aliphatic heterocycles. The number of hydrogen-bond acceptors (Lipinski definition) is 5. The van der Waals surface area contributed by atoms with Gasteiger partial charge in [-0.05, 0) is 48.4 Å². The van der Waals surface area contributed by atoms with Crippen molar-refractivity contribution in [3.63, 3.8) is 0 Å². The second-order valence-corrected chi connectivity index (χ2v) is 7.28. The van der Waals surface area contributed by atoms with Gasteiger partial charge in [0.25, 0.3) is 0 Å². The number of aryl methyl sites for hydroxylation is 1. The van der Waals surface area contributed by atoms with Gasteiger partial charge in [0.2, 0.25) is 0 Å². The van der Waals surface area contributed by atoms with E-state index in [0.29, 0.717) is 12.2 Å². The van der Waals surface area contributed by atoms with E-state index >= 15 is 0 Å². The van der Waals surface area contributed by atoms with Gasteiger partial charge in [0.05, 0.1) is 0 Å². The van der Waals surface area contributed by atoms with Gasteiger partial charge < -0.3 is 8.92 Å². The third-order valence-corrected chi connectivity index (χ3v) is 5.09. The first-order chi connectivity index (χ1) is 13.0. The molecule has 0 aromatic heterocycles. The average molecular weight is 382 g/mol. The number of esters is 1. The zero-order chi connectivity index (χ0) is 19.3. The van der Waals surface area contributed by atoms with Crippen LogP contribution < -0.4 is 8.92 Å². The summed E-state index contributed by atoms with van der Waals surface area (Å²) in [6, 6.07) is 21.1. The maximum atomic E-state index is 12.6. The van der Waals surface area contributed by atoms with E-state index in [1.807, 2.05) is 13.0 Å². The number of hydrogen-bond donors (Lipinski definition) is 0. The molecule has 0 aliphatic carbocycles. The average Bonchev–Trinajstić information content (AvgIpc) is 2.69. The van der Waals surface area contributed by atoms with E-state index in [2.05, 4.69) is 0 Å². The Kier molecular flexibility index (Phi) is 5.57. The lowest BCUT2D eigenvalue weighted by Gasteiger charge is -2.11. The summed E-state index contributed by atoms with van der Waals surface area (Å²) in [7, 11) is -4.08. The van der Waals surface area contributed by atoms with Crippen molar-refractivity contribution in [1.82, 2.24) is 0 Å². The molecule has 5 nitrogen and oxygen atoms in total. The highest BCUT2D eigenvalue weighted by Crippen LogP contribution is 2.25. The van der Waals surface area contributed by atoms with Gasteiger partial charge in [-0.2, -0.15) is 8.42 Å². The lowest BCUT2D eigenvalue weighted by Crippen LogP contribution is -2.15. The fraction of sp³-hybridized carbons (Fsp3) is 0.0952. The van der Waals surface area contributed by atoms with Gasteiger partial charge in [-0.3, -0.25) is 0 Å². The van der Waals surface area contributed by atoms with Crippen molar-refractivity contribution >= 4 is 16.1 Å². The number of benzene rings is 3. The lowest BCUT2D eigenvalue weighted by atomic mass is 10.2. The van der Waals surface area contributed by atoms with Crippen LogP contribution in [0.15, 0.2) is 83.8 Å². The molecular formula is C21H18O5S. The molecule has 0 spiro atoms. The quantitative estimate of drug-likeness (QED) is 0.362. The van der Waals surface area contributed by atoms with Crippen molar-refractivity contribution in [3.05, 3.63) is 90.0 Å². The maximum Gasteiger partial charge on any atom is 0.347 e. The molecule has 0 N–H and O–H groups in total. The topological polar surface area (TPSA) is 69.7 Å². The summed E-state index contributed by atoms with van der Waals surface area (Å²) < 4.78 is 35.8. The van der Waals surface area contributed by atoms with E-state index in [4.69, 9.17) is 8.92 Å². The van der Waals surface area contributed by atoms with Gasteiger partial charge in [-0.15, -0.1) is 0 Å².